The fourth-order valence-electron chi connectivity index (χ4n) is 2.67. The number of furan rings is 1. The van der Waals surface area contributed by atoms with Crippen LogP contribution in [0.4, 0.5) is 0 Å². The molecule has 1 fully saturated rings. The molecule has 1 atom stereocenters. The molecule has 0 aliphatic carbocycles. The smallest absolute Gasteiger partial charge is 0.290 e. The molecule has 1 amide bonds. The Morgan fingerprint density at radius 1 is 1.50 bits per heavy atom. The molecular formula is C15H17BrN2O2. The van der Waals surface area contributed by atoms with Gasteiger partial charge in [-0.05, 0) is 32.0 Å². The summed E-state index contributed by atoms with van der Waals surface area (Å²) < 4.78 is 6.77. The number of benzene rings is 1. The first-order valence-electron chi connectivity index (χ1n) is 6.78. The van der Waals surface area contributed by atoms with Gasteiger partial charge >= 0.3 is 0 Å². The van der Waals surface area contributed by atoms with Gasteiger partial charge in [0.15, 0.2) is 5.76 Å². The number of carbonyl (C=O) groups excluding carboxylic acids is 1. The van der Waals surface area contributed by atoms with E-state index in [4.69, 9.17) is 4.42 Å². The third-order valence-corrected chi connectivity index (χ3v) is 4.35. The molecule has 0 spiro atoms. The van der Waals surface area contributed by atoms with E-state index in [1.54, 1.807) is 0 Å². The normalized spacial score (nSPS) is 19.6. The fourth-order valence-corrected chi connectivity index (χ4v) is 3.03. The molecule has 0 unspecified atom stereocenters. The third kappa shape index (κ3) is 2.25. The molecule has 1 aliphatic heterocycles. The topological polar surface area (TPSA) is 45.5 Å². The van der Waals surface area contributed by atoms with E-state index in [2.05, 4.69) is 28.2 Å². The molecule has 2 heterocycles. The monoisotopic (exact) mass is 336 g/mol. The third-order valence-electron chi connectivity index (χ3n) is 3.85. The molecule has 0 saturated carbocycles. The lowest BCUT2D eigenvalue weighted by Gasteiger charge is -2.33. The Balaban J connectivity index is 2.01. The van der Waals surface area contributed by atoms with Crippen molar-refractivity contribution < 1.29 is 9.21 Å². The van der Waals surface area contributed by atoms with Gasteiger partial charge in [0.25, 0.3) is 5.91 Å². The Morgan fingerprint density at radius 3 is 3.05 bits per heavy atom. The van der Waals surface area contributed by atoms with E-state index in [0.29, 0.717) is 5.76 Å². The number of aryl methyl sites for hydroxylation is 1. The second-order valence-corrected chi connectivity index (χ2v) is 6.16. The summed E-state index contributed by atoms with van der Waals surface area (Å²) in [5.74, 6) is 0.454. The quantitative estimate of drug-likeness (QED) is 0.870. The molecule has 106 valence electrons. The van der Waals surface area contributed by atoms with Crippen molar-refractivity contribution in [1.82, 2.24) is 10.2 Å². The van der Waals surface area contributed by atoms with Gasteiger partial charge < -0.3 is 14.6 Å². The summed E-state index contributed by atoms with van der Waals surface area (Å²) in [4.78, 5) is 14.6. The summed E-state index contributed by atoms with van der Waals surface area (Å²) in [6.07, 6.45) is 0. The molecule has 0 bridgehead atoms. The molecule has 1 N–H and O–H groups in total. The molecule has 5 heteroatoms. The van der Waals surface area contributed by atoms with Gasteiger partial charge in [0.05, 0.1) is 0 Å². The van der Waals surface area contributed by atoms with Crippen LogP contribution < -0.4 is 5.32 Å². The van der Waals surface area contributed by atoms with Gasteiger partial charge in [0, 0.05) is 41.1 Å². The molecule has 0 radical (unpaired) electrons. The predicted molar refractivity (Wildman–Crippen MR) is 82.0 cm³/mol. The summed E-state index contributed by atoms with van der Waals surface area (Å²) in [6.45, 7) is 6.38. The van der Waals surface area contributed by atoms with E-state index in [1.807, 2.05) is 30.0 Å². The lowest BCUT2D eigenvalue weighted by molar-refractivity contribution is 0.0624. The van der Waals surface area contributed by atoms with Gasteiger partial charge in [-0.3, -0.25) is 4.79 Å². The Morgan fingerprint density at radius 2 is 2.30 bits per heavy atom. The molecule has 3 rings (SSSR count). The van der Waals surface area contributed by atoms with Crippen LogP contribution >= 0.6 is 15.9 Å². The second-order valence-electron chi connectivity index (χ2n) is 5.25. The van der Waals surface area contributed by atoms with E-state index in [9.17, 15) is 4.79 Å². The van der Waals surface area contributed by atoms with Crippen molar-refractivity contribution in [3.63, 3.8) is 0 Å². The zero-order valence-electron chi connectivity index (χ0n) is 11.6. The molecule has 1 aromatic carbocycles. The highest BCUT2D eigenvalue weighted by molar-refractivity contribution is 9.10. The number of fused-ring (bicyclic) bond motifs is 1. The van der Waals surface area contributed by atoms with Crippen molar-refractivity contribution in [3.05, 3.63) is 34.0 Å². The Kier molecular flexibility index (Phi) is 3.56. The maximum absolute atomic E-state index is 12.7. The summed E-state index contributed by atoms with van der Waals surface area (Å²) in [5, 5.41) is 4.28. The second kappa shape index (κ2) is 5.22. The van der Waals surface area contributed by atoms with Crippen LogP contribution in [0.1, 0.15) is 23.0 Å². The van der Waals surface area contributed by atoms with Crippen LogP contribution in [0.5, 0.6) is 0 Å². The molecule has 4 nitrogen and oxygen atoms in total. The summed E-state index contributed by atoms with van der Waals surface area (Å²) in [7, 11) is 0. The van der Waals surface area contributed by atoms with Crippen LogP contribution in [0.2, 0.25) is 0 Å². The van der Waals surface area contributed by atoms with Crippen molar-refractivity contribution in [3.8, 4) is 0 Å². The van der Waals surface area contributed by atoms with Gasteiger partial charge in [-0.1, -0.05) is 15.9 Å². The molecule has 1 saturated heterocycles. The molecule has 20 heavy (non-hydrogen) atoms. The Bertz CT molecular complexity index is 665. The van der Waals surface area contributed by atoms with Crippen LogP contribution in [-0.4, -0.2) is 36.5 Å². The number of hydrogen-bond acceptors (Lipinski definition) is 3. The predicted octanol–water partition coefficient (Wildman–Crippen LogP) is 2.94. The number of nitrogens with zero attached hydrogens (tertiary/aromatic N) is 1. The van der Waals surface area contributed by atoms with Crippen LogP contribution in [0.15, 0.2) is 27.1 Å². The van der Waals surface area contributed by atoms with Crippen LogP contribution in [-0.2, 0) is 0 Å². The largest absolute Gasteiger partial charge is 0.451 e. The van der Waals surface area contributed by atoms with Crippen molar-refractivity contribution in [1.29, 1.82) is 0 Å². The van der Waals surface area contributed by atoms with Gasteiger partial charge in [-0.2, -0.15) is 0 Å². The van der Waals surface area contributed by atoms with Crippen molar-refractivity contribution >= 4 is 32.8 Å². The van der Waals surface area contributed by atoms with E-state index in [0.717, 1.165) is 40.6 Å². The van der Waals surface area contributed by atoms with Crippen LogP contribution in [0, 0.1) is 6.92 Å². The SMILES string of the molecule is Cc1c(C(=O)N2CCNC[C@H]2C)oc2ccc(Br)cc12. The highest BCUT2D eigenvalue weighted by Crippen LogP contribution is 2.29. The highest BCUT2D eigenvalue weighted by atomic mass is 79.9. The minimum atomic E-state index is -0.0103. The van der Waals surface area contributed by atoms with Crippen LogP contribution in [0.25, 0.3) is 11.0 Å². The fraction of sp³-hybridized carbons (Fsp3) is 0.400. The average molecular weight is 337 g/mol. The maximum atomic E-state index is 12.7. The minimum absolute atomic E-state index is 0.0103. The minimum Gasteiger partial charge on any atom is -0.451 e. The first-order valence-corrected chi connectivity index (χ1v) is 7.57. The number of halogens is 1. The number of carbonyl (C=O) groups is 1. The van der Waals surface area contributed by atoms with Gasteiger partial charge in [-0.25, -0.2) is 0 Å². The van der Waals surface area contributed by atoms with E-state index < -0.39 is 0 Å². The van der Waals surface area contributed by atoms with Crippen LogP contribution in [0.3, 0.4) is 0 Å². The van der Waals surface area contributed by atoms with Gasteiger partial charge in [0.1, 0.15) is 5.58 Å². The van der Waals surface area contributed by atoms with E-state index in [1.165, 1.54) is 0 Å². The van der Waals surface area contributed by atoms with Crippen molar-refractivity contribution in [2.75, 3.05) is 19.6 Å². The van der Waals surface area contributed by atoms with Gasteiger partial charge in [-0.15, -0.1) is 0 Å². The number of piperazine rings is 1. The van der Waals surface area contributed by atoms with Crippen molar-refractivity contribution in [2.24, 2.45) is 0 Å². The molecule has 1 aliphatic rings. The summed E-state index contributed by atoms with van der Waals surface area (Å²) >= 11 is 3.45. The summed E-state index contributed by atoms with van der Waals surface area (Å²) in [6, 6.07) is 6.00. The standard InChI is InChI=1S/C15H17BrN2O2/c1-9-8-17-5-6-18(9)15(19)14-10(2)12-7-11(16)3-4-13(12)20-14/h3-4,7,9,17H,5-6,8H2,1-2H3/t9-/m1/s1. The lowest BCUT2D eigenvalue weighted by Crippen LogP contribution is -2.52. The van der Waals surface area contributed by atoms with Crippen molar-refractivity contribution in [2.45, 2.75) is 19.9 Å². The van der Waals surface area contributed by atoms with E-state index >= 15 is 0 Å². The number of amides is 1. The summed E-state index contributed by atoms with van der Waals surface area (Å²) in [5.41, 5.74) is 1.67. The first kappa shape index (κ1) is 13.6. The average Bonchev–Trinajstić information content (AvgIpc) is 2.76. The Labute approximate surface area is 126 Å². The highest BCUT2D eigenvalue weighted by Gasteiger charge is 2.28. The van der Waals surface area contributed by atoms with Gasteiger partial charge in [0.2, 0.25) is 0 Å². The molecular weight excluding hydrogens is 320 g/mol. The zero-order valence-corrected chi connectivity index (χ0v) is 13.2. The maximum Gasteiger partial charge on any atom is 0.290 e. The Hall–Kier alpha value is -1.33. The first-order chi connectivity index (χ1) is 9.58. The zero-order chi connectivity index (χ0) is 14.3. The number of nitrogens with one attached hydrogen (secondary N) is 1. The molecule has 2 aromatic rings. The number of hydrogen-bond donors (Lipinski definition) is 1. The lowest BCUT2D eigenvalue weighted by atomic mass is 10.1. The number of rotatable bonds is 1. The molecule has 1 aromatic heterocycles. The van der Waals surface area contributed by atoms with E-state index in [-0.39, 0.29) is 11.9 Å².